The van der Waals surface area contributed by atoms with Crippen molar-refractivity contribution in [1.29, 1.82) is 0 Å². The fourth-order valence-electron chi connectivity index (χ4n) is 4.21. The van der Waals surface area contributed by atoms with Crippen LogP contribution in [0, 0.1) is 13.8 Å². The van der Waals surface area contributed by atoms with E-state index in [1.54, 1.807) is 6.07 Å². The Morgan fingerprint density at radius 1 is 0.939 bits per heavy atom. The SMILES string of the molecule is Cc1ccc(C)c(-c2nn(CC(=O)N3CCC(c4ccccc4)=N3)c(=O)c3ccccc23)c1. The van der Waals surface area contributed by atoms with Gasteiger partial charge in [-0.15, -0.1) is 0 Å². The van der Waals surface area contributed by atoms with Gasteiger partial charge in [0.25, 0.3) is 11.5 Å². The molecule has 3 aromatic carbocycles. The van der Waals surface area contributed by atoms with E-state index < -0.39 is 0 Å². The summed E-state index contributed by atoms with van der Waals surface area (Å²) in [5.74, 6) is -0.252. The van der Waals surface area contributed by atoms with Crippen LogP contribution in [-0.4, -0.2) is 33.0 Å². The quantitative estimate of drug-likeness (QED) is 0.479. The Morgan fingerprint density at radius 3 is 2.45 bits per heavy atom. The first-order valence-corrected chi connectivity index (χ1v) is 11.0. The van der Waals surface area contributed by atoms with Gasteiger partial charge in [-0.05, 0) is 37.1 Å². The van der Waals surface area contributed by atoms with Gasteiger partial charge in [0, 0.05) is 17.4 Å². The molecule has 164 valence electrons. The van der Waals surface area contributed by atoms with E-state index in [0.29, 0.717) is 24.0 Å². The molecule has 0 saturated carbocycles. The van der Waals surface area contributed by atoms with Crippen LogP contribution in [0.15, 0.2) is 82.7 Å². The lowest BCUT2D eigenvalue weighted by molar-refractivity contribution is -0.131. The van der Waals surface area contributed by atoms with Crippen molar-refractivity contribution in [3.8, 4) is 11.3 Å². The van der Waals surface area contributed by atoms with Crippen LogP contribution in [-0.2, 0) is 11.3 Å². The number of hydrazone groups is 1. The summed E-state index contributed by atoms with van der Waals surface area (Å²) in [7, 11) is 0. The predicted octanol–water partition coefficient (Wildman–Crippen LogP) is 4.32. The summed E-state index contributed by atoms with van der Waals surface area (Å²) in [4.78, 5) is 26.3. The summed E-state index contributed by atoms with van der Waals surface area (Å²) < 4.78 is 1.28. The Balaban J connectivity index is 1.53. The van der Waals surface area contributed by atoms with Crippen molar-refractivity contribution in [2.45, 2.75) is 26.8 Å². The normalized spacial score (nSPS) is 13.4. The van der Waals surface area contributed by atoms with Crippen LogP contribution >= 0.6 is 0 Å². The minimum Gasteiger partial charge on any atom is -0.271 e. The van der Waals surface area contributed by atoms with Crippen molar-refractivity contribution in [3.05, 3.63) is 99.8 Å². The van der Waals surface area contributed by atoms with E-state index >= 15 is 0 Å². The molecule has 6 heteroatoms. The van der Waals surface area contributed by atoms with Gasteiger partial charge >= 0.3 is 0 Å². The minimum atomic E-state index is -0.278. The third-order valence-electron chi connectivity index (χ3n) is 6.00. The second-order valence-corrected chi connectivity index (χ2v) is 8.35. The molecule has 0 N–H and O–H groups in total. The molecule has 0 bridgehead atoms. The molecule has 0 spiro atoms. The molecule has 1 aliphatic heterocycles. The lowest BCUT2D eigenvalue weighted by Gasteiger charge is -2.15. The highest BCUT2D eigenvalue weighted by molar-refractivity contribution is 6.02. The van der Waals surface area contributed by atoms with Crippen LogP contribution in [0.2, 0.25) is 0 Å². The third kappa shape index (κ3) is 3.96. The van der Waals surface area contributed by atoms with Gasteiger partial charge in [0.1, 0.15) is 6.54 Å². The van der Waals surface area contributed by atoms with Gasteiger partial charge in [-0.2, -0.15) is 10.2 Å². The number of fused-ring (bicyclic) bond motifs is 1. The molecule has 4 aromatic rings. The maximum Gasteiger partial charge on any atom is 0.275 e. The average molecular weight is 437 g/mol. The van der Waals surface area contributed by atoms with Crippen molar-refractivity contribution in [2.75, 3.05) is 6.54 Å². The van der Waals surface area contributed by atoms with Gasteiger partial charge in [-0.25, -0.2) is 9.69 Å². The van der Waals surface area contributed by atoms with Crippen LogP contribution in [0.1, 0.15) is 23.1 Å². The third-order valence-corrected chi connectivity index (χ3v) is 6.00. The first kappa shape index (κ1) is 20.8. The number of carbonyl (C=O) groups is 1. The van der Waals surface area contributed by atoms with Crippen molar-refractivity contribution in [1.82, 2.24) is 14.8 Å². The topological polar surface area (TPSA) is 67.6 Å². The van der Waals surface area contributed by atoms with E-state index in [1.807, 2.05) is 68.4 Å². The molecule has 0 atom stereocenters. The highest BCUT2D eigenvalue weighted by Gasteiger charge is 2.23. The summed E-state index contributed by atoms with van der Waals surface area (Å²) >= 11 is 0. The number of hydrogen-bond donors (Lipinski definition) is 0. The summed E-state index contributed by atoms with van der Waals surface area (Å²) in [6.45, 7) is 4.39. The smallest absolute Gasteiger partial charge is 0.271 e. The number of aromatic nitrogens is 2. The van der Waals surface area contributed by atoms with Crippen molar-refractivity contribution in [2.24, 2.45) is 5.10 Å². The highest BCUT2D eigenvalue weighted by atomic mass is 16.2. The van der Waals surface area contributed by atoms with E-state index in [4.69, 9.17) is 0 Å². The molecule has 2 heterocycles. The zero-order valence-electron chi connectivity index (χ0n) is 18.7. The Hall–Kier alpha value is -4.06. The molecule has 1 aromatic heterocycles. The van der Waals surface area contributed by atoms with Crippen LogP contribution in [0.5, 0.6) is 0 Å². The number of nitrogens with zero attached hydrogens (tertiary/aromatic N) is 4. The maximum absolute atomic E-state index is 13.2. The molecule has 5 rings (SSSR count). The summed E-state index contributed by atoms with van der Waals surface area (Å²) in [6.07, 6.45) is 0.684. The average Bonchev–Trinajstić information content (AvgIpc) is 3.34. The zero-order chi connectivity index (χ0) is 22.9. The van der Waals surface area contributed by atoms with E-state index in [-0.39, 0.29) is 18.0 Å². The van der Waals surface area contributed by atoms with Crippen molar-refractivity contribution in [3.63, 3.8) is 0 Å². The van der Waals surface area contributed by atoms with Gasteiger partial charge < -0.3 is 0 Å². The zero-order valence-corrected chi connectivity index (χ0v) is 18.7. The lowest BCUT2D eigenvalue weighted by Crippen LogP contribution is -2.34. The second kappa shape index (κ2) is 8.47. The van der Waals surface area contributed by atoms with Crippen LogP contribution in [0.25, 0.3) is 22.0 Å². The van der Waals surface area contributed by atoms with E-state index in [0.717, 1.165) is 33.4 Å². The Labute approximate surface area is 191 Å². The number of carbonyl (C=O) groups excluding carboxylic acids is 1. The van der Waals surface area contributed by atoms with Crippen LogP contribution in [0.4, 0.5) is 0 Å². The summed E-state index contributed by atoms with van der Waals surface area (Å²) in [5.41, 5.74) is 5.43. The standard InChI is InChI=1S/C27H24N4O2/c1-18-12-13-19(2)23(16-18)26-21-10-6-7-11-22(21)27(33)31(29-26)17-25(32)30-15-14-24(28-30)20-8-4-3-5-9-20/h3-13,16H,14-15,17H2,1-2H3. The van der Waals surface area contributed by atoms with E-state index in [9.17, 15) is 9.59 Å². The van der Waals surface area contributed by atoms with Crippen LogP contribution < -0.4 is 5.56 Å². The molecular weight excluding hydrogens is 412 g/mol. The number of amides is 1. The molecular formula is C27H24N4O2. The Bertz CT molecular complexity index is 1450. The Kier molecular flexibility index (Phi) is 5.34. The number of benzene rings is 3. The van der Waals surface area contributed by atoms with Gasteiger partial charge in [-0.1, -0.05) is 66.2 Å². The summed E-state index contributed by atoms with van der Waals surface area (Å²) in [6, 6.07) is 23.4. The fourth-order valence-corrected chi connectivity index (χ4v) is 4.21. The first-order chi connectivity index (χ1) is 16.0. The molecule has 0 aliphatic carbocycles. The second-order valence-electron chi connectivity index (χ2n) is 8.35. The Morgan fingerprint density at radius 2 is 1.67 bits per heavy atom. The van der Waals surface area contributed by atoms with E-state index in [1.165, 1.54) is 9.69 Å². The van der Waals surface area contributed by atoms with Crippen molar-refractivity contribution >= 4 is 22.4 Å². The molecule has 1 aliphatic rings. The number of rotatable bonds is 4. The first-order valence-electron chi connectivity index (χ1n) is 11.0. The maximum atomic E-state index is 13.2. The van der Waals surface area contributed by atoms with E-state index in [2.05, 4.69) is 22.3 Å². The highest BCUT2D eigenvalue weighted by Crippen LogP contribution is 2.28. The number of aryl methyl sites for hydroxylation is 2. The minimum absolute atomic E-state index is 0.160. The van der Waals surface area contributed by atoms with Gasteiger partial charge in [0.05, 0.1) is 23.3 Å². The van der Waals surface area contributed by atoms with Crippen molar-refractivity contribution < 1.29 is 4.79 Å². The summed E-state index contributed by atoms with van der Waals surface area (Å²) in [5, 5.41) is 12.0. The molecule has 1 amide bonds. The molecule has 0 unspecified atom stereocenters. The predicted molar refractivity (Wildman–Crippen MR) is 130 cm³/mol. The molecule has 0 radical (unpaired) electrons. The molecule has 6 nitrogen and oxygen atoms in total. The monoisotopic (exact) mass is 436 g/mol. The van der Waals surface area contributed by atoms with Gasteiger partial charge in [0.15, 0.2) is 0 Å². The molecule has 33 heavy (non-hydrogen) atoms. The number of hydrogen-bond acceptors (Lipinski definition) is 4. The largest absolute Gasteiger partial charge is 0.275 e. The fraction of sp³-hybridized carbons (Fsp3) is 0.185. The van der Waals surface area contributed by atoms with Gasteiger partial charge in [0.2, 0.25) is 0 Å². The molecule has 0 fully saturated rings. The van der Waals surface area contributed by atoms with Crippen LogP contribution in [0.3, 0.4) is 0 Å². The van der Waals surface area contributed by atoms with Gasteiger partial charge in [-0.3, -0.25) is 9.59 Å². The lowest BCUT2D eigenvalue weighted by atomic mass is 9.99. The molecule has 0 saturated heterocycles.